The molecule has 0 amide bonds. The number of carbonyl (C=O) groups is 3. The second kappa shape index (κ2) is 59.9. The molecular weight excluding hydrogens is 877 g/mol. The lowest BCUT2D eigenvalue weighted by Gasteiger charge is -2.18. The number of carbonyl (C=O) groups excluding carboxylic acids is 3. The van der Waals surface area contributed by atoms with Gasteiger partial charge >= 0.3 is 17.9 Å². The van der Waals surface area contributed by atoms with Gasteiger partial charge in [-0.1, -0.05) is 281 Å². The summed E-state index contributed by atoms with van der Waals surface area (Å²) >= 11 is 0. The van der Waals surface area contributed by atoms with Crippen LogP contribution in [0.1, 0.15) is 329 Å². The minimum atomic E-state index is -0.780. The monoisotopic (exact) mass is 995 g/mol. The lowest BCUT2D eigenvalue weighted by atomic mass is 10.0. The Morgan fingerprint density at radius 2 is 0.549 bits per heavy atom. The van der Waals surface area contributed by atoms with Crippen LogP contribution in [0, 0.1) is 0 Å². The summed E-state index contributed by atoms with van der Waals surface area (Å²) in [7, 11) is 0. The van der Waals surface area contributed by atoms with Crippen LogP contribution >= 0.6 is 0 Å². The van der Waals surface area contributed by atoms with E-state index in [9.17, 15) is 14.4 Å². The van der Waals surface area contributed by atoms with E-state index < -0.39 is 6.10 Å². The second-order valence-electron chi connectivity index (χ2n) is 20.9. The van der Waals surface area contributed by atoms with Crippen LogP contribution in [0.4, 0.5) is 0 Å². The molecule has 0 heterocycles. The summed E-state index contributed by atoms with van der Waals surface area (Å²) in [4.78, 5) is 38.3. The van der Waals surface area contributed by atoms with Gasteiger partial charge in [-0.3, -0.25) is 14.4 Å². The van der Waals surface area contributed by atoms with Crippen molar-refractivity contribution in [1.29, 1.82) is 0 Å². The molecule has 71 heavy (non-hydrogen) atoms. The van der Waals surface area contributed by atoms with Crippen molar-refractivity contribution >= 4 is 17.9 Å². The summed E-state index contributed by atoms with van der Waals surface area (Å²) in [6.07, 6.45) is 74.0. The predicted octanol–water partition coefficient (Wildman–Crippen LogP) is 21.0. The summed E-state index contributed by atoms with van der Waals surface area (Å²) in [5.74, 6) is -0.879. The topological polar surface area (TPSA) is 78.9 Å². The van der Waals surface area contributed by atoms with Crippen molar-refractivity contribution < 1.29 is 28.6 Å². The van der Waals surface area contributed by atoms with Gasteiger partial charge in [-0.15, -0.1) is 0 Å². The minimum absolute atomic E-state index is 0.0778. The molecule has 0 bridgehead atoms. The molecule has 6 nitrogen and oxygen atoms in total. The third-order valence-electron chi connectivity index (χ3n) is 13.8. The third kappa shape index (κ3) is 58.1. The average Bonchev–Trinajstić information content (AvgIpc) is 3.37. The highest BCUT2D eigenvalue weighted by Crippen LogP contribution is 2.17. The molecule has 0 saturated heterocycles. The Bertz CT molecular complexity index is 1230. The molecule has 0 spiro atoms. The molecule has 0 radical (unpaired) electrons. The van der Waals surface area contributed by atoms with Crippen LogP contribution in [-0.4, -0.2) is 37.2 Å². The smallest absolute Gasteiger partial charge is 0.306 e. The van der Waals surface area contributed by atoms with E-state index in [1.807, 2.05) is 0 Å². The van der Waals surface area contributed by atoms with Crippen molar-refractivity contribution in [3.05, 3.63) is 48.6 Å². The molecule has 0 aromatic carbocycles. The van der Waals surface area contributed by atoms with Gasteiger partial charge < -0.3 is 14.2 Å². The normalized spacial score (nSPS) is 12.3. The summed E-state index contributed by atoms with van der Waals surface area (Å²) in [6, 6.07) is 0. The first-order valence-corrected chi connectivity index (χ1v) is 31.1. The van der Waals surface area contributed by atoms with Gasteiger partial charge in [0.05, 0.1) is 0 Å². The van der Waals surface area contributed by atoms with Crippen LogP contribution in [0.15, 0.2) is 48.6 Å². The van der Waals surface area contributed by atoms with Crippen LogP contribution in [0.3, 0.4) is 0 Å². The van der Waals surface area contributed by atoms with Gasteiger partial charge in [0.15, 0.2) is 6.10 Å². The predicted molar refractivity (Wildman–Crippen MR) is 307 cm³/mol. The van der Waals surface area contributed by atoms with Crippen LogP contribution in [-0.2, 0) is 28.6 Å². The van der Waals surface area contributed by atoms with E-state index in [0.29, 0.717) is 19.3 Å². The van der Waals surface area contributed by atoms with Crippen molar-refractivity contribution in [2.24, 2.45) is 0 Å². The zero-order valence-corrected chi connectivity index (χ0v) is 47.5. The molecule has 0 aliphatic heterocycles. The molecule has 0 unspecified atom stereocenters. The third-order valence-corrected chi connectivity index (χ3v) is 13.8. The van der Waals surface area contributed by atoms with Crippen LogP contribution < -0.4 is 0 Å². The van der Waals surface area contributed by atoms with Crippen molar-refractivity contribution in [2.45, 2.75) is 335 Å². The zero-order chi connectivity index (χ0) is 51.4. The first-order valence-electron chi connectivity index (χ1n) is 31.1. The Morgan fingerprint density at radius 1 is 0.296 bits per heavy atom. The summed E-state index contributed by atoms with van der Waals surface area (Å²) in [5, 5.41) is 0. The van der Waals surface area contributed by atoms with Crippen LogP contribution in [0.25, 0.3) is 0 Å². The van der Waals surface area contributed by atoms with E-state index in [4.69, 9.17) is 14.2 Å². The maximum Gasteiger partial charge on any atom is 0.306 e. The van der Waals surface area contributed by atoms with Crippen molar-refractivity contribution in [1.82, 2.24) is 0 Å². The number of hydrogen-bond acceptors (Lipinski definition) is 6. The number of allylic oxidation sites excluding steroid dienone is 8. The molecule has 0 fully saturated rings. The number of esters is 3. The number of unbranched alkanes of at least 4 members (excludes halogenated alkanes) is 38. The van der Waals surface area contributed by atoms with Crippen molar-refractivity contribution in [3.8, 4) is 0 Å². The Hall–Kier alpha value is -2.63. The fraction of sp³-hybridized carbons (Fsp3) is 0.831. The number of ether oxygens (including phenoxy) is 3. The van der Waals surface area contributed by atoms with Gasteiger partial charge in [0.25, 0.3) is 0 Å². The highest BCUT2D eigenvalue weighted by atomic mass is 16.6. The lowest BCUT2D eigenvalue weighted by molar-refractivity contribution is -0.167. The lowest BCUT2D eigenvalue weighted by Crippen LogP contribution is -2.30. The maximum absolute atomic E-state index is 12.9. The van der Waals surface area contributed by atoms with Gasteiger partial charge in [0.2, 0.25) is 0 Å². The first kappa shape index (κ1) is 68.4. The summed E-state index contributed by atoms with van der Waals surface area (Å²) in [6.45, 7) is 6.56. The Kier molecular flexibility index (Phi) is 57.7. The van der Waals surface area contributed by atoms with Crippen LogP contribution in [0.5, 0.6) is 0 Å². The van der Waals surface area contributed by atoms with Crippen molar-refractivity contribution in [2.75, 3.05) is 13.2 Å². The molecule has 6 heteroatoms. The molecule has 0 rings (SSSR count). The fourth-order valence-corrected chi connectivity index (χ4v) is 9.16. The molecule has 0 aromatic heterocycles. The number of rotatable bonds is 57. The highest BCUT2D eigenvalue weighted by molar-refractivity contribution is 5.71. The average molecular weight is 996 g/mol. The molecule has 0 N–H and O–H groups in total. The standard InChI is InChI=1S/C65H118O6/c1-4-7-10-13-16-19-22-25-28-30-31-32-33-35-38-41-44-47-50-53-56-59-65(68)71-62(60-69-63(66)57-54-51-48-45-42-39-36-27-24-21-18-15-12-9-6-3)61-70-64(67)58-55-52-49-46-43-40-37-34-29-26-23-20-17-14-11-8-5-2/h9,12,18,21,26-27,29,36,62H,4-8,10-11,13-17,19-20,22-25,28,30-35,37-61H2,1-3H3/b12-9-,21-18-,29-26-,36-27-/t62-/m1/s1. The van der Waals surface area contributed by atoms with Crippen molar-refractivity contribution in [3.63, 3.8) is 0 Å². The molecule has 0 aromatic rings. The van der Waals surface area contributed by atoms with E-state index in [0.717, 1.165) is 96.3 Å². The maximum atomic E-state index is 12.9. The Balaban J connectivity index is 4.34. The van der Waals surface area contributed by atoms with E-state index in [2.05, 4.69) is 69.4 Å². The van der Waals surface area contributed by atoms with Gasteiger partial charge in [0.1, 0.15) is 13.2 Å². The fourth-order valence-electron chi connectivity index (χ4n) is 9.16. The molecule has 0 aliphatic rings. The summed E-state index contributed by atoms with van der Waals surface area (Å²) in [5.41, 5.74) is 0. The first-order chi connectivity index (χ1) is 35.0. The van der Waals surface area contributed by atoms with Gasteiger partial charge in [0, 0.05) is 19.3 Å². The SMILES string of the molecule is CC/C=C\C/C=C\C/C=C\CCCCCCCC(=O)OC[C@H](COC(=O)CCCCCCCCC/C=C\CCCCCCCC)OC(=O)CCCCCCCCCCCCCCCCCCCCCCC. The van der Waals surface area contributed by atoms with E-state index >= 15 is 0 Å². The minimum Gasteiger partial charge on any atom is -0.462 e. The second-order valence-corrected chi connectivity index (χ2v) is 20.9. The Morgan fingerprint density at radius 3 is 0.873 bits per heavy atom. The zero-order valence-electron chi connectivity index (χ0n) is 47.5. The largest absolute Gasteiger partial charge is 0.462 e. The van der Waals surface area contributed by atoms with Crippen LogP contribution in [0.2, 0.25) is 0 Å². The quantitative estimate of drug-likeness (QED) is 0.0261. The van der Waals surface area contributed by atoms with Gasteiger partial charge in [-0.05, 0) is 77.0 Å². The molecular formula is C65H118O6. The van der Waals surface area contributed by atoms with Gasteiger partial charge in [-0.25, -0.2) is 0 Å². The number of hydrogen-bond donors (Lipinski definition) is 0. The van der Waals surface area contributed by atoms with E-state index in [1.54, 1.807) is 0 Å². The molecule has 0 saturated carbocycles. The summed E-state index contributed by atoms with van der Waals surface area (Å²) < 4.78 is 16.9. The molecule has 1 atom stereocenters. The highest BCUT2D eigenvalue weighted by Gasteiger charge is 2.19. The van der Waals surface area contributed by atoms with E-state index in [-0.39, 0.29) is 31.1 Å². The Labute approximate surface area is 441 Å². The molecule has 414 valence electrons. The van der Waals surface area contributed by atoms with Gasteiger partial charge in [-0.2, -0.15) is 0 Å². The van der Waals surface area contributed by atoms with E-state index in [1.165, 1.54) is 193 Å². The molecule has 0 aliphatic carbocycles.